The zero-order valence-corrected chi connectivity index (χ0v) is 23.9. The zero-order valence-electron chi connectivity index (χ0n) is 22.4. The first-order chi connectivity index (χ1) is 19.8. The first-order valence-corrected chi connectivity index (χ1v) is 14.0. The molecule has 0 aromatic heterocycles. The molecule has 4 rings (SSSR count). The number of amides is 2. The highest BCUT2D eigenvalue weighted by Gasteiger charge is 2.23. The van der Waals surface area contributed by atoms with Crippen LogP contribution in [0.2, 0.25) is 10.0 Å². The van der Waals surface area contributed by atoms with Crippen LogP contribution in [-0.2, 0) is 17.6 Å². The van der Waals surface area contributed by atoms with Gasteiger partial charge in [-0.25, -0.2) is 0 Å². The summed E-state index contributed by atoms with van der Waals surface area (Å²) in [5.74, 6) is -1.57. The third-order valence-electron chi connectivity index (χ3n) is 6.71. The molecular weight excluding hydrogens is 559 g/mol. The van der Waals surface area contributed by atoms with Crippen LogP contribution in [0.4, 0.5) is 0 Å². The molecular formula is C33H30Cl2N2O4. The minimum atomic E-state index is -1.00. The van der Waals surface area contributed by atoms with Crippen LogP contribution in [0, 0.1) is 0 Å². The fourth-order valence-electron chi connectivity index (χ4n) is 4.58. The Balaban J connectivity index is 1.58. The molecule has 0 spiro atoms. The number of carbonyl (C=O) groups is 3. The molecule has 4 aromatic carbocycles. The van der Waals surface area contributed by atoms with Crippen molar-refractivity contribution < 1.29 is 19.5 Å². The molecule has 2 amide bonds. The van der Waals surface area contributed by atoms with E-state index in [1.165, 1.54) is 4.90 Å². The van der Waals surface area contributed by atoms with E-state index < -0.39 is 5.97 Å². The minimum absolute atomic E-state index is 0.0231. The average Bonchev–Trinajstić information content (AvgIpc) is 2.98. The summed E-state index contributed by atoms with van der Waals surface area (Å²) in [5, 5.41) is 13.3. The van der Waals surface area contributed by atoms with Crippen molar-refractivity contribution in [1.82, 2.24) is 10.2 Å². The van der Waals surface area contributed by atoms with Crippen molar-refractivity contribution in [3.8, 4) is 11.1 Å². The molecule has 0 fully saturated rings. The first kappa shape index (κ1) is 29.8. The zero-order chi connectivity index (χ0) is 29.2. The summed E-state index contributed by atoms with van der Waals surface area (Å²) in [5.41, 5.74) is 3.97. The van der Waals surface area contributed by atoms with E-state index in [2.05, 4.69) is 5.32 Å². The monoisotopic (exact) mass is 588 g/mol. The highest BCUT2D eigenvalue weighted by Crippen LogP contribution is 2.29. The number of aliphatic carboxylic acids is 1. The van der Waals surface area contributed by atoms with Gasteiger partial charge in [-0.15, -0.1) is 0 Å². The van der Waals surface area contributed by atoms with Gasteiger partial charge in [-0.1, -0.05) is 96.0 Å². The number of nitrogens with zero attached hydrogens (tertiary/aromatic N) is 1. The summed E-state index contributed by atoms with van der Waals surface area (Å²) in [6.07, 6.45) is 0.909. The van der Waals surface area contributed by atoms with E-state index in [1.54, 1.807) is 48.5 Å². The van der Waals surface area contributed by atoms with Gasteiger partial charge >= 0.3 is 5.97 Å². The van der Waals surface area contributed by atoms with E-state index in [-0.39, 0.29) is 31.3 Å². The summed E-state index contributed by atoms with van der Waals surface area (Å²) in [7, 11) is 0. The van der Waals surface area contributed by atoms with Gasteiger partial charge in [0.05, 0.1) is 6.42 Å². The van der Waals surface area contributed by atoms with Crippen molar-refractivity contribution >= 4 is 41.0 Å². The second-order valence-corrected chi connectivity index (χ2v) is 10.3. The lowest BCUT2D eigenvalue weighted by Gasteiger charge is -2.24. The Kier molecular flexibility index (Phi) is 10.5. The Morgan fingerprint density at radius 3 is 2.05 bits per heavy atom. The molecule has 0 saturated carbocycles. The van der Waals surface area contributed by atoms with Crippen LogP contribution in [0.5, 0.6) is 0 Å². The summed E-state index contributed by atoms with van der Waals surface area (Å²) < 4.78 is 0. The summed E-state index contributed by atoms with van der Waals surface area (Å²) in [6, 6.07) is 29.3. The first-order valence-electron chi connectivity index (χ1n) is 13.3. The molecule has 0 aliphatic heterocycles. The van der Waals surface area contributed by atoms with E-state index in [0.717, 1.165) is 11.1 Å². The fourth-order valence-corrected chi connectivity index (χ4v) is 5.08. The number of benzene rings is 4. The van der Waals surface area contributed by atoms with Crippen molar-refractivity contribution in [2.75, 3.05) is 19.6 Å². The number of carboxylic acids is 1. The molecule has 4 aromatic rings. The molecule has 6 nitrogen and oxygen atoms in total. The second-order valence-electron chi connectivity index (χ2n) is 9.50. The van der Waals surface area contributed by atoms with Crippen LogP contribution in [0.15, 0.2) is 97.1 Å². The van der Waals surface area contributed by atoms with Gasteiger partial charge in [-0.2, -0.15) is 0 Å². The molecule has 0 bridgehead atoms. The fraction of sp³-hybridized carbons (Fsp3) is 0.182. The van der Waals surface area contributed by atoms with Gasteiger partial charge in [-0.05, 0) is 59.4 Å². The topological polar surface area (TPSA) is 86.7 Å². The number of carbonyl (C=O) groups excluding carboxylic acids is 2. The maximum absolute atomic E-state index is 13.9. The van der Waals surface area contributed by atoms with Crippen LogP contribution < -0.4 is 5.32 Å². The van der Waals surface area contributed by atoms with Crippen molar-refractivity contribution in [1.29, 1.82) is 0 Å². The molecule has 0 saturated heterocycles. The Labute approximate surface area is 249 Å². The van der Waals surface area contributed by atoms with E-state index in [0.29, 0.717) is 51.7 Å². The Morgan fingerprint density at radius 2 is 1.37 bits per heavy atom. The molecule has 0 aliphatic carbocycles. The maximum Gasteiger partial charge on any atom is 0.305 e. The van der Waals surface area contributed by atoms with Gasteiger partial charge in [0.25, 0.3) is 11.8 Å². The Bertz CT molecular complexity index is 1520. The number of carboxylic acid groups (broad SMARTS) is 1. The quantitative estimate of drug-likeness (QED) is 0.191. The SMILES string of the molecule is O=C(O)CCN(CCc1ccc(Cl)cc1Cl)C(=O)c1ccccc1-c1ccccc1C(=O)NCCc1ccccc1. The molecule has 210 valence electrons. The highest BCUT2D eigenvalue weighted by molar-refractivity contribution is 6.35. The van der Waals surface area contributed by atoms with Gasteiger partial charge in [0.1, 0.15) is 0 Å². The van der Waals surface area contributed by atoms with Gasteiger partial charge in [0, 0.05) is 40.8 Å². The van der Waals surface area contributed by atoms with Crippen LogP contribution in [-0.4, -0.2) is 47.4 Å². The molecule has 0 heterocycles. The molecule has 0 radical (unpaired) electrons. The van der Waals surface area contributed by atoms with E-state index in [1.807, 2.05) is 48.5 Å². The molecule has 2 N–H and O–H groups in total. The number of hydrogen-bond acceptors (Lipinski definition) is 3. The molecule has 41 heavy (non-hydrogen) atoms. The maximum atomic E-state index is 13.9. The lowest BCUT2D eigenvalue weighted by atomic mass is 9.94. The summed E-state index contributed by atoms with van der Waals surface area (Å²) >= 11 is 12.4. The predicted octanol–water partition coefficient (Wildman–Crippen LogP) is 6.79. The van der Waals surface area contributed by atoms with Crippen molar-refractivity contribution in [3.05, 3.63) is 129 Å². The average molecular weight is 590 g/mol. The van der Waals surface area contributed by atoms with Crippen LogP contribution >= 0.6 is 23.2 Å². The van der Waals surface area contributed by atoms with Crippen molar-refractivity contribution in [2.45, 2.75) is 19.3 Å². The van der Waals surface area contributed by atoms with Gasteiger partial charge in [0.15, 0.2) is 0 Å². The van der Waals surface area contributed by atoms with E-state index in [9.17, 15) is 19.5 Å². The van der Waals surface area contributed by atoms with Crippen LogP contribution in [0.3, 0.4) is 0 Å². The third kappa shape index (κ3) is 8.19. The molecule has 0 unspecified atom stereocenters. The van der Waals surface area contributed by atoms with E-state index >= 15 is 0 Å². The van der Waals surface area contributed by atoms with Crippen LogP contribution in [0.1, 0.15) is 38.3 Å². The van der Waals surface area contributed by atoms with Crippen LogP contribution in [0.25, 0.3) is 11.1 Å². The number of halogens is 2. The standard InChI is InChI=1S/C33H30Cl2N2O4/c34-25-15-14-24(30(35)22-25)17-20-37(21-18-31(38)39)33(41)29-13-7-5-11-27(29)26-10-4-6-12-28(26)32(40)36-19-16-23-8-2-1-3-9-23/h1-15,22H,16-21H2,(H,36,40)(H,38,39). The molecule has 8 heteroatoms. The largest absolute Gasteiger partial charge is 0.481 e. The predicted molar refractivity (Wildman–Crippen MR) is 163 cm³/mol. The van der Waals surface area contributed by atoms with Crippen molar-refractivity contribution in [2.24, 2.45) is 0 Å². The van der Waals surface area contributed by atoms with Gasteiger partial charge in [0.2, 0.25) is 0 Å². The highest BCUT2D eigenvalue weighted by atomic mass is 35.5. The lowest BCUT2D eigenvalue weighted by molar-refractivity contribution is -0.137. The number of hydrogen-bond donors (Lipinski definition) is 2. The third-order valence-corrected chi connectivity index (χ3v) is 7.30. The Hall–Kier alpha value is -4.13. The Morgan fingerprint density at radius 1 is 0.732 bits per heavy atom. The number of nitrogens with one attached hydrogen (secondary N) is 1. The summed E-state index contributed by atoms with van der Waals surface area (Å²) in [6.45, 7) is 0.743. The van der Waals surface area contributed by atoms with Gasteiger partial charge < -0.3 is 15.3 Å². The second kappa shape index (κ2) is 14.5. The summed E-state index contributed by atoms with van der Waals surface area (Å²) in [4.78, 5) is 40.1. The normalized spacial score (nSPS) is 10.7. The number of rotatable bonds is 12. The van der Waals surface area contributed by atoms with Crippen molar-refractivity contribution in [3.63, 3.8) is 0 Å². The molecule has 0 atom stereocenters. The smallest absolute Gasteiger partial charge is 0.305 e. The lowest BCUT2D eigenvalue weighted by Crippen LogP contribution is -2.35. The van der Waals surface area contributed by atoms with E-state index in [4.69, 9.17) is 23.2 Å². The van der Waals surface area contributed by atoms with Gasteiger partial charge in [-0.3, -0.25) is 14.4 Å². The minimum Gasteiger partial charge on any atom is -0.481 e. The molecule has 0 aliphatic rings.